The Labute approximate surface area is 168 Å². The summed E-state index contributed by atoms with van der Waals surface area (Å²) in [5.41, 5.74) is 3.08. The Hall–Kier alpha value is -1.92. The molecule has 0 atom stereocenters. The van der Waals surface area contributed by atoms with Crippen molar-refractivity contribution in [3.8, 4) is 0 Å². The van der Waals surface area contributed by atoms with Crippen molar-refractivity contribution in [2.24, 2.45) is 0 Å². The summed E-state index contributed by atoms with van der Waals surface area (Å²) < 4.78 is 0. The van der Waals surface area contributed by atoms with Crippen LogP contribution in [0.15, 0.2) is 18.2 Å². The number of rotatable bonds is 5. The number of piperazine rings is 1. The molecule has 154 valence electrons. The molecule has 1 aromatic rings. The highest BCUT2D eigenvalue weighted by Gasteiger charge is 2.24. The van der Waals surface area contributed by atoms with Gasteiger partial charge in [0.1, 0.15) is 0 Å². The van der Waals surface area contributed by atoms with Gasteiger partial charge in [-0.15, -0.1) is 0 Å². The molecule has 28 heavy (non-hydrogen) atoms. The zero-order valence-electron chi connectivity index (χ0n) is 17.4. The Bertz CT molecular complexity index is 655. The summed E-state index contributed by atoms with van der Waals surface area (Å²) in [7, 11) is 0. The molecule has 2 aliphatic rings. The summed E-state index contributed by atoms with van der Waals surface area (Å²) in [6, 6.07) is 6.02. The van der Waals surface area contributed by atoms with Crippen LogP contribution in [0.25, 0.3) is 0 Å². The quantitative estimate of drug-likeness (QED) is 0.843. The smallest absolute Gasteiger partial charge is 0.238 e. The fourth-order valence-electron chi connectivity index (χ4n) is 4.13. The molecular formula is C22H34N4O2. The van der Waals surface area contributed by atoms with E-state index >= 15 is 0 Å². The first-order chi connectivity index (χ1) is 13.5. The predicted molar refractivity (Wildman–Crippen MR) is 112 cm³/mol. The summed E-state index contributed by atoms with van der Waals surface area (Å²) in [5.74, 6) is 0.253. The first-order valence-electron chi connectivity index (χ1n) is 10.6. The molecule has 6 heteroatoms. The fraction of sp³-hybridized carbons (Fsp3) is 0.636. The maximum Gasteiger partial charge on any atom is 0.238 e. The fourth-order valence-corrected chi connectivity index (χ4v) is 4.13. The lowest BCUT2D eigenvalue weighted by molar-refractivity contribution is -0.134. The Kier molecular flexibility index (Phi) is 7.45. The second kappa shape index (κ2) is 10.0. The highest BCUT2D eigenvalue weighted by molar-refractivity contribution is 5.93. The minimum Gasteiger partial charge on any atom is -0.339 e. The third-order valence-corrected chi connectivity index (χ3v) is 5.90. The van der Waals surface area contributed by atoms with Crippen LogP contribution in [0.4, 0.5) is 5.69 Å². The predicted octanol–water partition coefficient (Wildman–Crippen LogP) is 2.26. The molecule has 1 N–H and O–H groups in total. The van der Waals surface area contributed by atoms with Crippen molar-refractivity contribution in [3.63, 3.8) is 0 Å². The number of amides is 2. The zero-order chi connectivity index (χ0) is 19.9. The highest BCUT2D eigenvalue weighted by Crippen LogP contribution is 2.19. The number of hydrogen-bond acceptors (Lipinski definition) is 4. The van der Waals surface area contributed by atoms with Gasteiger partial charge in [-0.25, -0.2) is 0 Å². The lowest BCUT2D eigenvalue weighted by Crippen LogP contribution is -2.52. The SMILES string of the molecule is Cc1cccc(C)c1NC(=O)CN1CCN(C(=O)CN2CCCCCC2)CC1. The molecule has 2 heterocycles. The van der Waals surface area contributed by atoms with Crippen LogP contribution in [0.5, 0.6) is 0 Å². The minimum absolute atomic E-state index is 0.0155. The molecular weight excluding hydrogens is 352 g/mol. The van der Waals surface area contributed by atoms with Gasteiger partial charge in [-0.2, -0.15) is 0 Å². The Morgan fingerprint density at radius 1 is 0.821 bits per heavy atom. The molecule has 0 aromatic heterocycles. The molecule has 2 saturated heterocycles. The minimum atomic E-state index is 0.0155. The van der Waals surface area contributed by atoms with Crippen LogP contribution in [0.2, 0.25) is 0 Å². The second-order valence-corrected chi connectivity index (χ2v) is 8.16. The highest BCUT2D eigenvalue weighted by atomic mass is 16.2. The number of para-hydroxylation sites is 1. The van der Waals surface area contributed by atoms with Crippen molar-refractivity contribution >= 4 is 17.5 Å². The van der Waals surface area contributed by atoms with Crippen LogP contribution >= 0.6 is 0 Å². The van der Waals surface area contributed by atoms with Crippen LogP contribution in [-0.4, -0.2) is 78.9 Å². The Morgan fingerprint density at radius 3 is 2.00 bits per heavy atom. The average Bonchev–Trinajstić information content (AvgIpc) is 2.94. The van der Waals surface area contributed by atoms with Gasteiger partial charge >= 0.3 is 0 Å². The maximum absolute atomic E-state index is 12.6. The number of anilines is 1. The van der Waals surface area contributed by atoms with Crippen LogP contribution in [0, 0.1) is 13.8 Å². The summed E-state index contributed by atoms with van der Waals surface area (Å²) in [6.45, 7) is 9.97. The molecule has 1 aromatic carbocycles. The van der Waals surface area contributed by atoms with Gasteiger partial charge in [-0.1, -0.05) is 31.0 Å². The molecule has 2 amide bonds. The number of carbonyl (C=O) groups is 2. The second-order valence-electron chi connectivity index (χ2n) is 8.16. The van der Waals surface area contributed by atoms with Crippen molar-refractivity contribution in [2.75, 3.05) is 57.7 Å². The van der Waals surface area contributed by atoms with Crippen LogP contribution in [0.3, 0.4) is 0 Å². The van der Waals surface area contributed by atoms with Crippen LogP contribution < -0.4 is 5.32 Å². The third-order valence-electron chi connectivity index (χ3n) is 5.90. The van der Waals surface area contributed by atoms with Gasteiger partial charge in [0, 0.05) is 31.9 Å². The van der Waals surface area contributed by atoms with Crippen molar-refractivity contribution in [2.45, 2.75) is 39.5 Å². The van der Waals surface area contributed by atoms with E-state index in [9.17, 15) is 9.59 Å². The molecule has 2 fully saturated rings. The molecule has 2 aliphatic heterocycles. The summed E-state index contributed by atoms with van der Waals surface area (Å²) in [4.78, 5) is 31.5. The monoisotopic (exact) mass is 386 g/mol. The number of likely N-dealkylation sites (tertiary alicyclic amines) is 1. The molecule has 0 bridgehead atoms. The summed E-state index contributed by atoms with van der Waals surface area (Å²) >= 11 is 0. The largest absolute Gasteiger partial charge is 0.339 e. The summed E-state index contributed by atoms with van der Waals surface area (Å²) in [5, 5.41) is 3.05. The molecule has 0 spiro atoms. The maximum atomic E-state index is 12.6. The number of benzene rings is 1. The molecule has 0 unspecified atom stereocenters. The molecule has 6 nitrogen and oxygen atoms in total. The first-order valence-corrected chi connectivity index (χ1v) is 10.6. The topological polar surface area (TPSA) is 55.9 Å². The van der Waals surface area contributed by atoms with Crippen molar-refractivity contribution in [1.82, 2.24) is 14.7 Å². The van der Waals surface area contributed by atoms with E-state index in [0.29, 0.717) is 26.2 Å². The zero-order valence-corrected chi connectivity index (χ0v) is 17.4. The standard InChI is InChI=1S/C22H34N4O2/c1-18-8-7-9-19(2)22(18)23-20(27)16-25-12-14-26(15-13-25)21(28)17-24-10-5-3-4-6-11-24/h7-9H,3-6,10-17H2,1-2H3,(H,23,27). The number of nitrogens with zero attached hydrogens (tertiary/aromatic N) is 3. The first kappa shape index (κ1) is 20.8. The number of hydrogen-bond donors (Lipinski definition) is 1. The summed E-state index contributed by atoms with van der Waals surface area (Å²) in [6.07, 6.45) is 4.98. The van der Waals surface area contributed by atoms with Crippen molar-refractivity contribution < 1.29 is 9.59 Å². The number of nitrogens with one attached hydrogen (secondary N) is 1. The van der Waals surface area contributed by atoms with Gasteiger partial charge in [0.25, 0.3) is 0 Å². The van der Waals surface area contributed by atoms with Gasteiger partial charge in [0.2, 0.25) is 11.8 Å². The van der Waals surface area contributed by atoms with Crippen molar-refractivity contribution in [1.29, 1.82) is 0 Å². The number of aryl methyl sites for hydroxylation is 2. The van der Waals surface area contributed by atoms with E-state index in [1.165, 1.54) is 25.7 Å². The normalized spacial score (nSPS) is 19.3. The lowest BCUT2D eigenvalue weighted by atomic mass is 10.1. The molecule has 0 radical (unpaired) electrons. The van der Waals surface area contributed by atoms with E-state index in [4.69, 9.17) is 0 Å². The lowest BCUT2D eigenvalue weighted by Gasteiger charge is -2.35. The van der Waals surface area contributed by atoms with Crippen LogP contribution in [0.1, 0.15) is 36.8 Å². The van der Waals surface area contributed by atoms with Gasteiger partial charge in [0.15, 0.2) is 0 Å². The van der Waals surface area contributed by atoms with E-state index in [-0.39, 0.29) is 11.8 Å². The molecule has 0 saturated carbocycles. The Morgan fingerprint density at radius 2 is 1.39 bits per heavy atom. The van der Waals surface area contributed by atoms with Gasteiger partial charge in [0.05, 0.1) is 13.1 Å². The van der Waals surface area contributed by atoms with E-state index < -0.39 is 0 Å². The van der Waals surface area contributed by atoms with Gasteiger partial charge in [-0.05, 0) is 50.9 Å². The van der Waals surface area contributed by atoms with E-state index in [1.54, 1.807) is 0 Å². The number of carbonyl (C=O) groups excluding carboxylic acids is 2. The van der Waals surface area contributed by atoms with Gasteiger partial charge < -0.3 is 10.2 Å². The van der Waals surface area contributed by atoms with E-state index in [2.05, 4.69) is 15.1 Å². The molecule has 3 rings (SSSR count). The molecule has 0 aliphatic carbocycles. The third kappa shape index (κ3) is 5.79. The average molecular weight is 387 g/mol. The van der Waals surface area contributed by atoms with E-state index in [0.717, 1.165) is 43.0 Å². The van der Waals surface area contributed by atoms with Crippen LogP contribution in [-0.2, 0) is 9.59 Å². The van der Waals surface area contributed by atoms with Gasteiger partial charge in [-0.3, -0.25) is 19.4 Å². The Balaban J connectivity index is 1.42. The van der Waals surface area contributed by atoms with E-state index in [1.807, 2.05) is 36.9 Å². The van der Waals surface area contributed by atoms with Crippen molar-refractivity contribution in [3.05, 3.63) is 29.3 Å².